The van der Waals surface area contributed by atoms with Crippen molar-refractivity contribution in [1.29, 1.82) is 0 Å². The van der Waals surface area contributed by atoms with E-state index in [9.17, 15) is 13.2 Å². The summed E-state index contributed by atoms with van der Waals surface area (Å²) in [6.45, 7) is 1.94. The van der Waals surface area contributed by atoms with Crippen molar-refractivity contribution in [3.05, 3.63) is 54.1 Å². The molecule has 0 amide bonds. The Labute approximate surface area is 136 Å². The Morgan fingerprint density at radius 3 is 2.17 bits per heavy atom. The summed E-state index contributed by atoms with van der Waals surface area (Å²) in [6.07, 6.45) is 1.27. The first kappa shape index (κ1) is 17.0. The lowest BCUT2D eigenvalue weighted by atomic mass is 10.1. The predicted molar refractivity (Wildman–Crippen MR) is 89.5 cm³/mol. The molecule has 0 fully saturated rings. The molecule has 0 bridgehead atoms. The quantitative estimate of drug-likeness (QED) is 0.787. The molecule has 122 valence electrons. The van der Waals surface area contributed by atoms with E-state index in [2.05, 4.69) is 4.72 Å². The van der Waals surface area contributed by atoms with Crippen LogP contribution in [0.1, 0.15) is 30.1 Å². The normalized spacial score (nSPS) is 11.0. The minimum absolute atomic E-state index is 0.0528. The Bertz CT molecular complexity index is 765. The summed E-state index contributed by atoms with van der Waals surface area (Å²) in [5.41, 5.74) is 0.994. The van der Waals surface area contributed by atoms with E-state index in [0.717, 1.165) is 6.42 Å². The topological polar surface area (TPSA) is 72.5 Å². The van der Waals surface area contributed by atoms with Crippen LogP contribution >= 0.6 is 0 Å². The van der Waals surface area contributed by atoms with Crippen molar-refractivity contribution < 1.29 is 17.9 Å². The zero-order chi connectivity index (χ0) is 16.9. The molecule has 0 atom stereocenters. The first-order chi connectivity index (χ1) is 11.0. The minimum Gasteiger partial charge on any atom is -0.497 e. The van der Waals surface area contributed by atoms with Crippen molar-refractivity contribution in [2.75, 3.05) is 11.8 Å². The van der Waals surface area contributed by atoms with Crippen LogP contribution in [-0.4, -0.2) is 21.3 Å². The fourth-order valence-corrected chi connectivity index (χ4v) is 3.12. The highest BCUT2D eigenvalue weighted by molar-refractivity contribution is 7.92. The number of Topliss-reactive ketones (excluding diaryl/α,β-unsaturated/α-hetero) is 1. The average Bonchev–Trinajstić information content (AvgIpc) is 2.55. The van der Waals surface area contributed by atoms with Crippen LogP contribution in [0.3, 0.4) is 0 Å². The highest BCUT2D eigenvalue weighted by atomic mass is 32.2. The Balaban J connectivity index is 2.15. The third-order valence-corrected chi connectivity index (χ3v) is 4.70. The van der Waals surface area contributed by atoms with Gasteiger partial charge in [0.1, 0.15) is 5.75 Å². The van der Waals surface area contributed by atoms with E-state index in [0.29, 0.717) is 23.4 Å². The second kappa shape index (κ2) is 7.28. The number of carbonyl (C=O) groups is 1. The SMILES string of the molecule is CCCC(=O)c1ccc(NS(=O)(=O)c2ccc(OC)cc2)cc1. The van der Waals surface area contributed by atoms with E-state index in [4.69, 9.17) is 4.74 Å². The number of anilines is 1. The molecule has 0 aromatic heterocycles. The van der Waals surface area contributed by atoms with Crippen molar-refractivity contribution in [2.24, 2.45) is 0 Å². The maximum Gasteiger partial charge on any atom is 0.261 e. The predicted octanol–water partition coefficient (Wildman–Crippen LogP) is 3.48. The number of rotatable bonds is 7. The molecule has 0 spiro atoms. The lowest BCUT2D eigenvalue weighted by Gasteiger charge is -2.09. The molecule has 5 nitrogen and oxygen atoms in total. The summed E-state index contributed by atoms with van der Waals surface area (Å²) in [6, 6.07) is 12.5. The Kier molecular flexibility index (Phi) is 5.39. The van der Waals surface area contributed by atoms with E-state index in [1.165, 1.54) is 19.2 Å². The zero-order valence-corrected chi connectivity index (χ0v) is 13.9. The molecule has 0 unspecified atom stereocenters. The number of ether oxygens (including phenoxy) is 1. The smallest absolute Gasteiger partial charge is 0.261 e. The summed E-state index contributed by atoms with van der Waals surface area (Å²) in [5, 5.41) is 0. The van der Waals surface area contributed by atoms with Gasteiger partial charge >= 0.3 is 0 Å². The molecule has 0 aliphatic carbocycles. The molecular weight excluding hydrogens is 314 g/mol. The second-order valence-electron chi connectivity index (χ2n) is 5.03. The summed E-state index contributed by atoms with van der Waals surface area (Å²) in [7, 11) is -2.16. The van der Waals surface area contributed by atoms with Gasteiger partial charge in [-0.05, 0) is 55.0 Å². The lowest BCUT2D eigenvalue weighted by molar-refractivity contribution is 0.0982. The summed E-state index contributed by atoms with van der Waals surface area (Å²) >= 11 is 0. The molecule has 0 aliphatic rings. The molecule has 2 aromatic rings. The van der Waals surface area contributed by atoms with E-state index in [1.54, 1.807) is 36.4 Å². The molecule has 0 radical (unpaired) electrons. The van der Waals surface area contributed by atoms with Crippen LogP contribution in [0.4, 0.5) is 5.69 Å². The second-order valence-corrected chi connectivity index (χ2v) is 6.71. The first-order valence-electron chi connectivity index (χ1n) is 7.26. The maximum atomic E-state index is 12.3. The van der Waals surface area contributed by atoms with Crippen LogP contribution in [-0.2, 0) is 10.0 Å². The number of hydrogen-bond donors (Lipinski definition) is 1. The number of hydrogen-bond acceptors (Lipinski definition) is 4. The molecule has 1 N–H and O–H groups in total. The third kappa shape index (κ3) is 4.32. The molecule has 0 aliphatic heterocycles. The van der Waals surface area contributed by atoms with Gasteiger partial charge in [0.25, 0.3) is 10.0 Å². The monoisotopic (exact) mass is 333 g/mol. The van der Waals surface area contributed by atoms with E-state index < -0.39 is 10.0 Å². The lowest BCUT2D eigenvalue weighted by Crippen LogP contribution is -2.13. The van der Waals surface area contributed by atoms with Crippen LogP contribution < -0.4 is 9.46 Å². The van der Waals surface area contributed by atoms with Crippen LogP contribution in [0.15, 0.2) is 53.4 Å². The van der Waals surface area contributed by atoms with Crippen molar-refractivity contribution in [3.8, 4) is 5.75 Å². The van der Waals surface area contributed by atoms with Gasteiger partial charge in [0.2, 0.25) is 0 Å². The van der Waals surface area contributed by atoms with Crippen LogP contribution in [0.5, 0.6) is 5.75 Å². The number of methoxy groups -OCH3 is 1. The third-order valence-electron chi connectivity index (χ3n) is 3.31. The summed E-state index contributed by atoms with van der Waals surface area (Å²) < 4.78 is 32.1. The molecule has 2 rings (SSSR count). The number of ketones is 1. The fraction of sp³-hybridized carbons (Fsp3) is 0.235. The summed E-state index contributed by atoms with van der Waals surface area (Å²) in [4.78, 5) is 11.9. The molecule has 0 heterocycles. The van der Waals surface area contributed by atoms with Crippen molar-refractivity contribution >= 4 is 21.5 Å². The highest BCUT2D eigenvalue weighted by Gasteiger charge is 2.14. The standard InChI is InChI=1S/C17H19NO4S/c1-3-4-17(19)13-5-7-14(8-6-13)18-23(20,21)16-11-9-15(22-2)10-12-16/h5-12,18H,3-4H2,1-2H3. The Morgan fingerprint density at radius 2 is 1.65 bits per heavy atom. The molecule has 0 saturated heterocycles. The van der Waals surface area contributed by atoms with Crippen LogP contribution in [0.2, 0.25) is 0 Å². The van der Waals surface area contributed by atoms with Gasteiger partial charge in [0, 0.05) is 17.7 Å². The maximum absolute atomic E-state index is 12.3. The van der Waals surface area contributed by atoms with Gasteiger partial charge in [-0.3, -0.25) is 9.52 Å². The summed E-state index contributed by atoms with van der Waals surface area (Å²) in [5.74, 6) is 0.639. The van der Waals surface area contributed by atoms with Gasteiger partial charge in [-0.1, -0.05) is 6.92 Å². The van der Waals surface area contributed by atoms with Gasteiger partial charge in [0.05, 0.1) is 12.0 Å². The fourth-order valence-electron chi connectivity index (χ4n) is 2.06. The highest BCUT2D eigenvalue weighted by Crippen LogP contribution is 2.19. The van der Waals surface area contributed by atoms with Crippen molar-refractivity contribution in [3.63, 3.8) is 0 Å². The Morgan fingerprint density at radius 1 is 1.04 bits per heavy atom. The van der Waals surface area contributed by atoms with Gasteiger partial charge in [0.15, 0.2) is 5.78 Å². The zero-order valence-electron chi connectivity index (χ0n) is 13.1. The number of benzene rings is 2. The van der Waals surface area contributed by atoms with Crippen LogP contribution in [0, 0.1) is 0 Å². The van der Waals surface area contributed by atoms with E-state index in [1.807, 2.05) is 6.92 Å². The molecular formula is C17H19NO4S. The average molecular weight is 333 g/mol. The van der Waals surface area contributed by atoms with Gasteiger partial charge < -0.3 is 4.74 Å². The molecule has 0 saturated carbocycles. The van der Waals surface area contributed by atoms with Crippen LogP contribution in [0.25, 0.3) is 0 Å². The number of sulfonamides is 1. The van der Waals surface area contributed by atoms with Crippen molar-refractivity contribution in [2.45, 2.75) is 24.7 Å². The van der Waals surface area contributed by atoms with Gasteiger partial charge in [-0.2, -0.15) is 0 Å². The minimum atomic E-state index is -3.67. The van der Waals surface area contributed by atoms with E-state index >= 15 is 0 Å². The number of carbonyl (C=O) groups excluding carboxylic acids is 1. The first-order valence-corrected chi connectivity index (χ1v) is 8.74. The van der Waals surface area contributed by atoms with Gasteiger partial charge in [-0.15, -0.1) is 0 Å². The van der Waals surface area contributed by atoms with Gasteiger partial charge in [-0.25, -0.2) is 8.42 Å². The van der Waals surface area contributed by atoms with E-state index in [-0.39, 0.29) is 10.7 Å². The molecule has 23 heavy (non-hydrogen) atoms. The van der Waals surface area contributed by atoms with Crippen molar-refractivity contribution in [1.82, 2.24) is 0 Å². The largest absolute Gasteiger partial charge is 0.497 e. The Hall–Kier alpha value is -2.34. The molecule has 6 heteroatoms. The molecule has 2 aromatic carbocycles. The number of nitrogens with one attached hydrogen (secondary N) is 1.